The Morgan fingerprint density at radius 2 is 0.643 bits per heavy atom. The van der Waals surface area contributed by atoms with E-state index in [1.165, 1.54) is 0 Å². The van der Waals surface area contributed by atoms with Crippen LogP contribution in [0.4, 0.5) is 34.1 Å². The molecule has 0 spiro atoms. The molecule has 13 aromatic carbocycles. The summed E-state index contributed by atoms with van der Waals surface area (Å²) in [5, 5.41) is 8.08. The highest BCUT2D eigenvalue weighted by Gasteiger charge is 2.47. The van der Waals surface area contributed by atoms with Crippen molar-refractivity contribution >= 4 is 146 Å². The molecule has 10 heteroatoms. The van der Waals surface area contributed by atoms with Crippen LogP contribution < -0.4 is 61.5 Å². The number of fused-ring (bicyclic) bond motifs is 18. The predicted octanol–water partition coefficient (Wildman–Crippen LogP) is 16.2. The number of benzene rings is 13. The summed E-state index contributed by atoms with van der Waals surface area (Å²) in [6.45, 7) is -0.489. The molecule has 0 atom stereocenters. The number of nitrogens with zero attached hydrogens (tertiary/aromatic N) is 2. The first-order valence-corrected chi connectivity index (χ1v) is 28.4. The van der Waals surface area contributed by atoms with Crippen LogP contribution >= 0.6 is 0 Å². The summed E-state index contributed by atoms with van der Waals surface area (Å²) in [4.78, 5) is 4.58. The normalized spacial score (nSPS) is 13.1. The van der Waals surface area contributed by atoms with E-state index in [0.29, 0.717) is 34.2 Å². The fourth-order valence-electron chi connectivity index (χ4n) is 13.9. The Balaban J connectivity index is 0.763. The van der Waals surface area contributed by atoms with Crippen molar-refractivity contribution in [3.8, 4) is 46.0 Å². The monoisotopic (exact) mass is 1080 g/mol. The fraction of sp³-hybridized carbons (Fsp3) is 0. The summed E-state index contributed by atoms with van der Waals surface area (Å²) < 4.78 is 42.4. The summed E-state index contributed by atoms with van der Waals surface area (Å²) >= 11 is 0. The van der Waals surface area contributed by atoms with E-state index in [4.69, 9.17) is 27.8 Å². The molecule has 0 saturated carbocycles. The van der Waals surface area contributed by atoms with Crippen molar-refractivity contribution in [2.24, 2.45) is 0 Å². The number of furan rings is 2. The maximum atomic E-state index is 7.22. The largest absolute Gasteiger partial charge is 0.458 e. The van der Waals surface area contributed by atoms with Crippen molar-refractivity contribution in [3.05, 3.63) is 255 Å². The first-order valence-electron chi connectivity index (χ1n) is 28.4. The van der Waals surface area contributed by atoms with Gasteiger partial charge in [0.25, 0.3) is 13.4 Å². The second-order valence-corrected chi connectivity index (χ2v) is 22.2. The second kappa shape index (κ2) is 17.2. The van der Waals surface area contributed by atoms with E-state index in [2.05, 4.69) is 252 Å². The van der Waals surface area contributed by atoms with Gasteiger partial charge in [-0.05, 0) is 165 Å². The van der Waals surface area contributed by atoms with Crippen molar-refractivity contribution in [2.75, 3.05) is 9.80 Å². The summed E-state index contributed by atoms with van der Waals surface area (Å²) in [6.07, 6.45) is 0. The summed E-state index contributed by atoms with van der Waals surface area (Å²) in [5.74, 6) is 5.75. The van der Waals surface area contributed by atoms with Crippen molar-refractivity contribution < 1.29 is 27.8 Å². The quantitative estimate of drug-likeness (QED) is 0.153. The van der Waals surface area contributed by atoms with Crippen LogP contribution in [0, 0.1) is 0 Å². The van der Waals surface area contributed by atoms with Crippen molar-refractivity contribution in [2.45, 2.75) is 0 Å². The molecule has 0 bridgehead atoms. The van der Waals surface area contributed by atoms with E-state index >= 15 is 0 Å². The standard InChI is InChI=1S/C74H42B2N2O6/c1-5-17-47(18-6-1)77(48-19-7-2-8-20-48)51-31-29-43-37-63-53(35-45(43)33-51)55-39-67-69-73(71(55)83-63)81-61-27-15-13-25-57(61)75(69)59-41-60-66(42-65(59)79-67)80-68-40-56-54-36-46-34-52(78(49-21-9-3-10-22-49)50-23-11-4-12-24-50)32-30-44(46)38-64(54)84-72(56)74-70(68)76(60)58-26-14-16-28-62(58)82-74/h1-42H. The highest BCUT2D eigenvalue weighted by Crippen LogP contribution is 2.49. The molecule has 0 unspecified atom stereocenters. The lowest BCUT2D eigenvalue weighted by atomic mass is 9.31. The highest BCUT2D eigenvalue weighted by atomic mass is 16.5. The van der Waals surface area contributed by atoms with Crippen molar-refractivity contribution in [3.63, 3.8) is 0 Å². The Bertz CT molecular complexity index is 4900. The first kappa shape index (κ1) is 45.6. The highest BCUT2D eigenvalue weighted by molar-refractivity contribution is 7.01. The van der Waals surface area contributed by atoms with Gasteiger partial charge < -0.3 is 37.6 Å². The van der Waals surface area contributed by atoms with E-state index in [1.807, 2.05) is 12.1 Å². The predicted molar refractivity (Wildman–Crippen MR) is 341 cm³/mol. The molecule has 0 N–H and O–H groups in total. The molecule has 0 saturated heterocycles. The molecule has 4 aliphatic rings. The van der Waals surface area contributed by atoms with E-state index in [0.717, 1.165) is 144 Å². The van der Waals surface area contributed by atoms with Gasteiger partial charge in [-0.15, -0.1) is 0 Å². The Kier molecular flexibility index (Phi) is 9.35. The van der Waals surface area contributed by atoms with Crippen LogP contribution in [0.3, 0.4) is 0 Å². The second-order valence-electron chi connectivity index (χ2n) is 22.2. The molecule has 6 heterocycles. The van der Waals surface area contributed by atoms with E-state index in [9.17, 15) is 0 Å². The van der Waals surface area contributed by atoms with Gasteiger partial charge in [0.15, 0.2) is 22.7 Å². The third kappa shape index (κ3) is 6.61. The molecule has 19 rings (SSSR count). The third-order valence-corrected chi connectivity index (χ3v) is 17.6. The molecule has 0 aliphatic carbocycles. The van der Waals surface area contributed by atoms with Crippen LogP contribution in [0.25, 0.3) is 65.4 Å². The smallest absolute Gasteiger partial charge is 0.260 e. The lowest BCUT2D eigenvalue weighted by Gasteiger charge is -2.36. The molecule has 0 amide bonds. The molecule has 4 aliphatic heterocycles. The average molecular weight is 1080 g/mol. The molecule has 15 aromatic rings. The van der Waals surface area contributed by atoms with Crippen LogP contribution in [0.5, 0.6) is 46.0 Å². The average Bonchev–Trinajstić information content (AvgIpc) is 1.54. The molecule has 8 nitrogen and oxygen atoms in total. The Hall–Kier alpha value is -11.1. The van der Waals surface area contributed by atoms with Gasteiger partial charge in [0.1, 0.15) is 45.7 Å². The minimum atomic E-state index is -0.244. The number of anilines is 6. The molecule has 0 radical (unpaired) electrons. The lowest BCUT2D eigenvalue weighted by Crippen LogP contribution is -2.61. The van der Waals surface area contributed by atoms with Gasteiger partial charge in [0.2, 0.25) is 0 Å². The van der Waals surface area contributed by atoms with E-state index in [-0.39, 0.29) is 13.4 Å². The Morgan fingerprint density at radius 1 is 0.250 bits per heavy atom. The van der Waals surface area contributed by atoms with Gasteiger partial charge in [-0.25, -0.2) is 0 Å². The van der Waals surface area contributed by atoms with Crippen LogP contribution in [0.2, 0.25) is 0 Å². The van der Waals surface area contributed by atoms with Crippen LogP contribution in [0.15, 0.2) is 264 Å². The van der Waals surface area contributed by atoms with Crippen LogP contribution in [0.1, 0.15) is 0 Å². The summed E-state index contributed by atoms with van der Waals surface area (Å²) in [5.41, 5.74) is 15.3. The van der Waals surface area contributed by atoms with Gasteiger partial charge in [-0.3, -0.25) is 0 Å². The summed E-state index contributed by atoms with van der Waals surface area (Å²) in [7, 11) is 0. The zero-order valence-electron chi connectivity index (χ0n) is 44.7. The molecular weight excluding hydrogens is 1030 g/mol. The topological polar surface area (TPSA) is 69.7 Å². The molecule has 390 valence electrons. The number of para-hydroxylation sites is 6. The van der Waals surface area contributed by atoms with Crippen molar-refractivity contribution in [1.82, 2.24) is 0 Å². The minimum Gasteiger partial charge on any atom is -0.458 e. The molecular formula is C74H42B2N2O6. The Labute approximate surface area is 481 Å². The number of rotatable bonds is 6. The van der Waals surface area contributed by atoms with Gasteiger partial charge in [-0.2, -0.15) is 0 Å². The van der Waals surface area contributed by atoms with Gasteiger partial charge in [0, 0.05) is 72.7 Å². The van der Waals surface area contributed by atoms with Crippen molar-refractivity contribution in [1.29, 1.82) is 0 Å². The van der Waals surface area contributed by atoms with Crippen LogP contribution in [-0.4, -0.2) is 13.4 Å². The maximum Gasteiger partial charge on any atom is 0.260 e. The molecule has 84 heavy (non-hydrogen) atoms. The lowest BCUT2D eigenvalue weighted by molar-refractivity contribution is 0.450. The molecule has 2 aromatic heterocycles. The third-order valence-electron chi connectivity index (χ3n) is 17.6. The SMILES string of the molecule is c1ccc(N(c2ccccc2)c2ccc3cc4oc5c6c7c(cc5c4cc3c2)Oc2cc3c(cc2B7c2ccccc2O6)B2c4ccccc4Oc4c2c(cc2c4oc4cc5ccc(N(c6ccccc6)c6ccccc6)cc5cc42)O3)cc1. The Morgan fingerprint density at radius 3 is 1.06 bits per heavy atom. The number of ether oxygens (including phenoxy) is 4. The minimum absolute atomic E-state index is 0.244. The number of hydrogen-bond donors (Lipinski definition) is 0. The fourth-order valence-corrected chi connectivity index (χ4v) is 13.9. The van der Waals surface area contributed by atoms with Crippen LogP contribution in [-0.2, 0) is 0 Å². The zero-order valence-corrected chi connectivity index (χ0v) is 44.7. The zero-order chi connectivity index (χ0) is 54.7. The number of hydrogen-bond acceptors (Lipinski definition) is 8. The molecule has 0 fully saturated rings. The van der Waals surface area contributed by atoms with Gasteiger partial charge in [0.05, 0.1) is 0 Å². The van der Waals surface area contributed by atoms with E-state index in [1.54, 1.807) is 0 Å². The summed E-state index contributed by atoms with van der Waals surface area (Å²) in [6, 6.07) is 89.4. The first-order chi connectivity index (χ1) is 41.6. The van der Waals surface area contributed by atoms with Gasteiger partial charge in [-0.1, -0.05) is 127 Å². The van der Waals surface area contributed by atoms with Gasteiger partial charge >= 0.3 is 0 Å². The maximum absolute atomic E-state index is 7.22. The van der Waals surface area contributed by atoms with E-state index < -0.39 is 0 Å².